The lowest BCUT2D eigenvalue weighted by atomic mass is 10.1. The van der Waals surface area contributed by atoms with Gasteiger partial charge in [-0.1, -0.05) is 6.92 Å². The molecule has 0 spiro atoms. The maximum Gasteiger partial charge on any atom is 0.328 e. The summed E-state index contributed by atoms with van der Waals surface area (Å²) in [5.41, 5.74) is 0. The van der Waals surface area contributed by atoms with Gasteiger partial charge >= 0.3 is 5.97 Å². The number of esters is 1. The van der Waals surface area contributed by atoms with E-state index < -0.39 is 18.1 Å². The minimum atomic E-state index is -0.780. The second kappa shape index (κ2) is 7.89. The number of carbonyl (C=O) groups excluding carboxylic acids is 3. The standard InChI is InChI=1S/C13H21NO5/c1-3-9(15)6-7-10(13(17)18-2)14-12(16)11-5-4-8-19-11/h10-11H,3-8H2,1-2H3,(H,14,16)/t10-,11-/m0/s1. The Labute approximate surface area is 112 Å². The fraction of sp³-hybridized carbons (Fsp3) is 0.769. The number of hydrogen-bond donors (Lipinski definition) is 1. The van der Waals surface area contributed by atoms with Crippen LogP contribution >= 0.6 is 0 Å². The Morgan fingerprint density at radius 3 is 2.68 bits per heavy atom. The average molecular weight is 271 g/mol. The van der Waals surface area contributed by atoms with Crippen LogP contribution in [0.4, 0.5) is 0 Å². The van der Waals surface area contributed by atoms with Gasteiger partial charge in [-0.05, 0) is 19.3 Å². The molecule has 1 heterocycles. The molecule has 1 N–H and O–H groups in total. The van der Waals surface area contributed by atoms with Crippen molar-refractivity contribution in [2.75, 3.05) is 13.7 Å². The normalized spacial score (nSPS) is 19.8. The highest BCUT2D eigenvalue weighted by molar-refractivity contribution is 5.87. The maximum absolute atomic E-state index is 11.9. The van der Waals surface area contributed by atoms with E-state index in [0.29, 0.717) is 19.4 Å². The first-order valence-electron chi connectivity index (χ1n) is 6.60. The fourth-order valence-electron chi connectivity index (χ4n) is 1.92. The first kappa shape index (κ1) is 15.6. The molecule has 0 aromatic carbocycles. The van der Waals surface area contributed by atoms with Gasteiger partial charge in [-0.15, -0.1) is 0 Å². The zero-order valence-corrected chi connectivity index (χ0v) is 11.4. The van der Waals surface area contributed by atoms with Crippen molar-refractivity contribution in [1.29, 1.82) is 0 Å². The molecule has 1 aliphatic heterocycles. The molecule has 0 aliphatic carbocycles. The summed E-state index contributed by atoms with van der Waals surface area (Å²) in [4.78, 5) is 34.7. The highest BCUT2D eigenvalue weighted by Gasteiger charge is 2.28. The number of Topliss-reactive ketones (excluding diaryl/α,β-unsaturated/α-hetero) is 1. The van der Waals surface area contributed by atoms with Crippen molar-refractivity contribution in [3.05, 3.63) is 0 Å². The molecule has 1 rings (SSSR count). The summed E-state index contributed by atoms with van der Waals surface area (Å²) in [6.45, 7) is 2.33. The summed E-state index contributed by atoms with van der Waals surface area (Å²) in [7, 11) is 1.26. The lowest BCUT2D eigenvalue weighted by Crippen LogP contribution is -2.46. The van der Waals surface area contributed by atoms with E-state index in [9.17, 15) is 14.4 Å². The van der Waals surface area contributed by atoms with Gasteiger partial charge in [0.15, 0.2) is 0 Å². The molecule has 0 unspecified atom stereocenters. The SMILES string of the molecule is CCC(=O)CC[C@H](NC(=O)[C@@H]1CCCO1)C(=O)OC. The molecule has 0 radical (unpaired) electrons. The molecule has 1 saturated heterocycles. The van der Waals surface area contributed by atoms with Crippen molar-refractivity contribution >= 4 is 17.7 Å². The zero-order valence-electron chi connectivity index (χ0n) is 11.4. The van der Waals surface area contributed by atoms with Crippen LogP contribution in [-0.2, 0) is 23.9 Å². The molecule has 1 aliphatic rings. The van der Waals surface area contributed by atoms with Gasteiger partial charge in [0.05, 0.1) is 7.11 Å². The van der Waals surface area contributed by atoms with E-state index in [1.807, 2.05) is 0 Å². The minimum Gasteiger partial charge on any atom is -0.467 e. The number of rotatable bonds is 7. The first-order chi connectivity index (χ1) is 9.08. The van der Waals surface area contributed by atoms with Crippen LogP contribution < -0.4 is 5.32 Å². The number of amides is 1. The molecule has 6 nitrogen and oxygen atoms in total. The van der Waals surface area contributed by atoms with Crippen LogP contribution in [0.15, 0.2) is 0 Å². The van der Waals surface area contributed by atoms with Gasteiger partial charge in [0.2, 0.25) is 5.91 Å². The predicted molar refractivity (Wildman–Crippen MR) is 67.5 cm³/mol. The molecule has 1 amide bonds. The number of hydrogen-bond acceptors (Lipinski definition) is 5. The van der Waals surface area contributed by atoms with Crippen LogP contribution in [0.1, 0.15) is 39.0 Å². The molecule has 0 bridgehead atoms. The Kier molecular flexibility index (Phi) is 6.49. The van der Waals surface area contributed by atoms with Gasteiger partial charge < -0.3 is 14.8 Å². The van der Waals surface area contributed by atoms with Gasteiger partial charge in [0.25, 0.3) is 0 Å². The lowest BCUT2D eigenvalue weighted by Gasteiger charge is -2.18. The molecule has 6 heteroatoms. The molecule has 2 atom stereocenters. The van der Waals surface area contributed by atoms with E-state index in [-0.39, 0.29) is 24.5 Å². The average Bonchev–Trinajstić information content (AvgIpc) is 2.95. The highest BCUT2D eigenvalue weighted by atomic mass is 16.5. The summed E-state index contributed by atoms with van der Waals surface area (Å²) in [6.07, 6.45) is 1.95. The molecule has 108 valence electrons. The third-order valence-corrected chi connectivity index (χ3v) is 3.13. The Bertz CT molecular complexity index is 336. The number of ether oxygens (including phenoxy) is 2. The Morgan fingerprint density at radius 1 is 1.42 bits per heavy atom. The van der Waals surface area contributed by atoms with Crippen LogP contribution in [0.5, 0.6) is 0 Å². The molecular formula is C13H21NO5. The van der Waals surface area contributed by atoms with Crippen LogP contribution in [-0.4, -0.2) is 43.5 Å². The topological polar surface area (TPSA) is 81.7 Å². The van der Waals surface area contributed by atoms with Gasteiger partial charge in [-0.2, -0.15) is 0 Å². The van der Waals surface area contributed by atoms with Crippen molar-refractivity contribution in [2.24, 2.45) is 0 Å². The second-order valence-corrected chi connectivity index (χ2v) is 4.52. The molecule has 1 fully saturated rings. The molecule has 0 saturated carbocycles. The summed E-state index contributed by atoms with van der Waals surface area (Å²) < 4.78 is 9.88. The van der Waals surface area contributed by atoms with Crippen molar-refractivity contribution in [2.45, 2.75) is 51.2 Å². The summed E-state index contributed by atoms with van der Waals surface area (Å²) >= 11 is 0. The number of ketones is 1. The van der Waals surface area contributed by atoms with E-state index in [4.69, 9.17) is 4.74 Å². The third-order valence-electron chi connectivity index (χ3n) is 3.13. The second-order valence-electron chi connectivity index (χ2n) is 4.52. The first-order valence-corrected chi connectivity index (χ1v) is 6.60. The van der Waals surface area contributed by atoms with Gasteiger partial charge in [0, 0.05) is 19.4 Å². The van der Waals surface area contributed by atoms with Gasteiger partial charge in [0.1, 0.15) is 17.9 Å². The number of nitrogens with one attached hydrogen (secondary N) is 1. The predicted octanol–water partition coefficient (Wildman–Crippen LogP) is 0.583. The molecule has 19 heavy (non-hydrogen) atoms. The smallest absolute Gasteiger partial charge is 0.328 e. The zero-order chi connectivity index (χ0) is 14.3. The fourth-order valence-corrected chi connectivity index (χ4v) is 1.92. The molecule has 0 aromatic heterocycles. The Morgan fingerprint density at radius 2 is 2.16 bits per heavy atom. The Hall–Kier alpha value is -1.43. The van der Waals surface area contributed by atoms with E-state index in [0.717, 1.165) is 6.42 Å². The minimum absolute atomic E-state index is 0.0558. The van der Waals surface area contributed by atoms with Crippen molar-refractivity contribution in [3.8, 4) is 0 Å². The van der Waals surface area contributed by atoms with Gasteiger partial charge in [-0.25, -0.2) is 4.79 Å². The van der Waals surface area contributed by atoms with Crippen LogP contribution in [0.2, 0.25) is 0 Å². The van der Waals surface area contributed by atoms with E-state index in [1.165, 1.54) is 7.11 Å². The van der Waals surface area contributed by atoms with Gasteiger partial charge in [-0.3, -0.25) is 9.59 Å². The quantitative estimate of drug-likeness (QED) is 0.685. The lowest BCUT2D eigenvalue weighted by molar-refractivity contribution is -0.146. The molecular weight excluding hydrogens is 250 g/mol. The molecule has 0 aromatic rings. The van der Waals surface area contributed by atoms with Crippen molar-refractivity contribution < 1.29 is 23.9 Å². The number of carbonyl (C=O) groups is 3. The van der Waals surface area contributed by atoms with Crippen LogP contribution in [0.3, 0.4) is 0 Å². The Balaban J connectivity index is 2.50. The largest absolute Gasteiger partial charge is 0.467 e. The summed E-state index contributed by atoms with van der Waals surface area (Å²) in [6, 6.07) is -0.780. The monoisotopic (exact) mass is 271 g/mol. The van der Waals surface area contributed by atoms with E-state index in [2.05, 4.69) is 10.1 Å². The van der Waals surface area contributed by atoms with E-state index >= 15 is 0 Å². The van der Waals surface area contributed by atoms with Crippen LogP contribution in [0.25, 0.3) is 0 Å². The van der Waals surface area contributed by atoms with E-state index in [1.54, 1.807) is 6.92 Å². The maximum atomic E-state index is 11.9. The highest BCUT2D eigenvalue weighted by Crippen LogP contribution is 2.13. The summed E-state index contributed by atoms with van der Waals surface area (Å²) in [5, 5.41) is 2.60. The van der Waals surface area contributed by atoms with Crippen molar-refractivity contribution in [1.82, 2.24) is 5.32 Å². The number of methoxy groups -OCH3 is 1. The third kappa shape index (κ3) is 4.98. The van der Waals surface area contributed by atoms with Crippen molar-refractivity contribution in [3.63, 3.8) is 0 Å². The van der Waals surface area contributed by atoms with Crippen LogP contribution in [0, 0.1) is 0 Å². The summed E-state index contributed by atoms with van der Waals surface area (Å²) in [5.74, 6) is -0.785.